The molecule has 2 aliphatic heterocycles. The van der Waals surface area contributed by atoms with Crippen molar-refractivity contribution in [2.45, 2.75) is 45.1 Å². The number of amides is 1. The van der Waals surface area contributed by atoms with Crippen molar-refractivity contribution in [2.24, 2.45) is 11.8 Å². The summed E-state index contributed by atoms with van der Waals surface area (Å²) < 4.78 is 12.4. The molecule has 5 nitrogen and oxygen atoms in total. The van der Waals surface area contributed by atoms with Crippen LogP contribution in [-0.4, -0.2) is 61.3 Å². The first-order chi connectivity index (χ1) is 13.6. The van der Waals surface area contributed by atoms with Gasteiger partial charge in [0.2, 0.25) is 0 Å². The maximum Gasteiger partial charge on any atom is 0.410 e. The van der Waals surface area contributed by atoms with E-state index in [9.17, 15) is 4.79 Å². The number of hydrogen-bond acceptors (Lipinski definition) is 4. The summed E-state index contributed by atoms with van der Waals surface area (Å²) >= 11 is 3.69. The third kappa shape index (κ3) is 5.20. The van der Waals surface area contributed by atoms with Crippen molar-refractivity contribution < 1.29 is 14.3 Å². The van der Waals surface area contributed by atoms with Gasteiger partial charge in [-0.1, -0.05) is 15.9 Å². The van der Waals surface area contributed by atoms with Gasteiger partial charge in [0.15, 0.2) is 0 Å². The van der Waals surface area contributed by atoms with Crippen molar-refractivity contribution in [2.75, 3.05) is 39.3 Å². The monoisotopic (exact) mass is 450 g/mol. The molecule has 1 aromatic rings. The molecule has 3 aliphatic rings. The van der Waals surface area contributed by atoms with E-state index in [1.165, 1.54) is 35.7 Å². The van der Waals surface area contributed by atoms with Crippen LogP contribution in [0.5, 0.6) is 5.75 Å². The van der Waals surface area contributed by atoms with Crippen molar-refractivity contribution in [3.05, 3.63) is 28.2 Å². The molecule has 0 spiro atoms. The Morgan fingerprint density at radius 1 is 1.14 bits per heavy atom. The summed E-state index contributed by atoms with van der Waals surface area (Å²) in [5.41, 5.74) is 1.34. The molecule has 0 aromatic heterocycles. The molecule has 6 heteroatoms. The standard InChI is InChI=1S/C22H31BrN2O3/c1-2-27-19-5-6-21(23)18(12-19)11-16-7-9-24(10-8-16)14-20-15-25(22(26)28-20)13-17-3-4-17/h5-6,12,16-17,20H,2-4,7-11,13-15H2,1H3. The maximum absolute atomic E-state index is 12.0. The molecule has 0 N–H and O–H groups in total. The van der Waals surface area contributed by atoms with E-state index >= 15 is 0 Å². The topological polar surface area (TPSA) is 42.0 Å². The summed E-state index contributed by atoms with van der Waals surface area (Å²) in [6, 6.07) is 6.29. The Bertz CT molecular complexity index is 686. The van der Waals surface area contributed by atoms with Gasteiger partial charge in [-0.05, 0) is 87.7 Å². The molecule has 1 aromatic carbocycles. The smallest absolute Gasteiger partial charge is 0.410 e. The molecular formula is C22H31BrN2O3. The second-order valence-electron chi connectivity index (χ2n) is 8.49. The third-order valence-electron chi connectivity index (χ3n) is 6.13. The normalized spacial score (nSPS) is 23.9. The van der Waals surface area contributed by atoms with Gasteiger partial charge in [0, 0.05) is 17.6 Å². The number of piperidine rings is 1. The van der Waals surface area contributed by atoms with E-state index in [4.69, 9.17) is 9.47 Å². The maximum atomic E-state index is 12.0. The van der Waals surface area contributed by atoms with Crippen LogP contribution in [-0.2, 0) is 11.2 Å². The Morgan fingerprint density at radius 3 is 2.64 bits per heavy atom. The fourth-order valence-electron chi connectivity index (χ4n) is 4.37. The minimum absolute atomic E-state index is 0.0415. The van der Waals surface area contributed by atoms with Crippen LogP contribution in [0.3, 0.4) is 0 Å². The molecule has 3 fully saturated rings. The first-order valence-electron chi connectivity index (χ1n) is 10.7. The van der Waals surface area contributed by atoms with E-state index in [0.717, 1.165) is 50.8 Å². The number of halogens is 1. The van der Waals surface area contributed by atoms with Gasteiger partial charge in [0.05, 0.1) is 13.2 Å². The number of benzene rings is 1. The van der Waals surface area contributed by atoms with Gasteiger partial charge >= 0.3 is 6.09 Å². The van der Waals surface area contributed by atoms with Crippen LogP contribution in [0.15, 0.2) is 22.7 Å². The van der Waals surface area contributed by atoms with Gasteiger partial charge < -0.3 is 14.4 Å². The predicted molar refractivity (Wildman–Crippen MR) is 113 cm³/mol. The largest absolute Gasteiger partial charge is 0.494 e. The van der Waals surface area contributed by atoms with Crippen molar-refractivity contribution >= 4 is 22.0 Å². The van der Waals surface area contributed by atoms with Gasteiger partial charge in [-0.2, -0.15) is 0 Å². The molecule has 4 rings (SSSR count). The van der Waals surface area contributed by atoms with Gasteiger partial charge in [0.1, 0.15) is 11.9 Å². The summed E-state index contributed by atoms with van der Waals surface area (Å²) in [4.78, 5) is 16.4. The number of nitrogens with zero attached hydrogens (tertiary/aromatic N) is 2. The first-order valence-corrected chi connectivity index (χ1v) is 11.5. The fourth-order valence-corrected chi connectivity index (χ4v) is 4.78. The van der Waals surface area contributed by atoms with Crippen LogP contribution >= 0.6 is 15.9 Å². The molecule has 1 saturated carbocycles. The van der Waals surface area contributed by atoms with E-state index in [0.29, 0.717) is 12.5 Å². The Balaban J connectivity index is 1.23. The fraction of sp³-hybridized carbons (Fsp3) is 0.682. The third-order valence-corrected chi connectivity index (χ3v) is 6.90. The molecule has 28 heavy (non-hydrogen) atoms. The number of hydrogen-bond donors (Lipinski definition) is 0. The summed E-state index contributed by atoms with van der Waals surface area (Å²) in [7, 11) is 0. The number of carbonyl (C=O) groups is 1. The Kier molecular flexibility index (Phi) is 6.46. The highest BCUT2D eigenvalue weighted by Crippen LogP contribution is 2.32. The minimum Gasteiger partial charge on any atom is -0.494 e. The average Bonchev–Trinajstić information content (AvgIpc) is 3.43. The van der Waals surface area contributed by atoms with Crippen LogP contribution in [0.2, 0.25) is 0 Å². The van der Waals surface area contributed by atoms with Gasteiger partial charge in [-0.3, -0.25) is 4.90 Å². The summed E-state index contributed by atoms with van der Waals surface area (Å²) in [6.45, 7) is 7.43. The average molecular weight is 451 g/mol. The summed E-state index contributed by atoms with van der Waals surface area (Å²) in [6.07, 6.45) is 5.95. The van der Waals surface area contributed by atoms with Crippen LogP contribution in [0.25, 0.3) is 0 Å². The van der Waals surface area contributed by atoms with Gasteiger partial charge in [-0.25, -0.2) is 4.79 Å². The number of rotatable bonds is 8. The SMILES string of the molecule is CCOc1ccc(Br)c(CC2CCN(CC3CN(CC4CC4)C(=O)O3)CC2)c1. The lowest BCUT2D eigenvalue weighted by Crippen LogP contribution is -2.40. The van der Waals surface area contributed by atoms with Crippen LogP contribution in [0.4, 0.5) is 4.79 Å². The van der Waals surface area contributed by atoms with Crippen molar-refractivity contribution in [3.8, 4) is 5.75 Å². The molecule has 2 heterocycles. The predicted octanol–water partition coefficient (Wildman–Crippen LogP) is 4.33. The molecular weight excluding hydrogens is 420 g/mol. The molecule has 2 saturated heterocycles. The Morgan fingerprint density at radius 2 is 1.93 bits per heavy atom. The highest BCUT2D eigenvalue weighted by Gasteiger charge is 2.36. The van der Waals surface area contributed by atoms with Crippen LogP contribution < -0.4 is 4.74 Å². The highest BCUT2D eigenvalue weighted by molar-refractivity contribution is 9.10. The van der Waals surface area contributed by atoms with E-state index in [2.05, 4.69) is 33.0 Å². The Labute approximate surface area is 176 Å². The van der Waals surface area contributed by atoms with E-state index in [1.807, 2.05) is 17.9 Å². The quantitative estimate of drug-likeness (QED) is 0.590. The first kappa shape index (κ1) is 20.0. The van der Waals surface area contributed by atoms with Crippen LogP contribution in [0, 0.1) is 11.8 Å². The minimum atomic E-state index is -0.106. The second kappa shape index (κ2) is 9.04. The summed E-state index contributed by atoms with van der Waals surface area (Å²) in [5.74, 6) is 2.38. The van der Waals surface area contributed by atoms with E-state index < -0.39 is 0 Å². The van der Waals surface area contributed by atoms with Crippen molar-refractivity contribution in [1.82, 2.24) is 9.80 Å². The molecule has 1 aliphatic carbocycles. The molecule has 1 atom stereocenters. The number of likely N-dealkylation sites (tertiary alicyclic amines) is 1. The molecule has 0 radical (unpaired) electrons. The summed E-state index contributed by atoms with van der Waals surface area (Å²) in [5, 5.41) is 0. The molecule has 1 unspecified atom stereocenters. The lowest BCUT2D eigenvalue weighted by atomic mass is 9.90. The van der Waals surface area contributed by atoms with E-state index in [-0.39, 0.29) is 12.2 Å². The zero-order valence-corrected chi connectivity index (χ0v) is 18.3. The Hall–Kier alpha value is -1.27. The number of carbonyl (C=O) groups excluding carboxylic acids is 1. The second-order valence-corrected chi connectivity index (χ2v) is 9.34. The van der Waals surface area contributed by atoms with Gasteiger partial charge in [0.25, 0.3) is 0 Å². The zero-order valence-electron chi connectivity index (χ0n) is 16.7. The number of ether oxygens (including phenoxy) is 2. The number of cyclic esters (lactones) is 1. The highest BCUT2D eigenvalue weighted by atomic mass is 79.9. The molecule has 154 valence electrons. The van der Waals surface area contributed by atoms with Crippen molar-refractivity contribution in [1.29, 1.82) is 0 Å². The zero-order chi connectivity index (χ0) is 19.5. The van der Waals surface area contributed by atoms with Crippen LogP contribution in [0.1, 0.15) is 38.2 Å². The molecule has 1 amide bonds. The van der Waals surface area contributed by atoms with Gasteiger partial charge in [-0.15, -0.1) is 0 Å². The molecule has 0 bridgehead atoms. The van der Waals surface area contributed by atoms with E-state index in [1.54, 1.807) is 0 Å². The van der Waals surface area contributed by atoms with Crippen molar-refractivity contribution in [3.63, 3.8) is 0 Å². The lowest BCUT2D eigenvalue weighted by molar-refractivity contribution is 0.0904. The lowest BCUT2D eigenvalue weighted by Gasteiger charge is -2.33.